The normalized spacial score (nSPS) is 20.9. The maximum Gasteiger partial charge on any atom is 0.270 e. The van der Waals surface area contributed by atoms with Crippen LogP contribution >= 0.6 is 0 Å². The fraction of sp³-hybridized carbons (Fsp3) is 0.688. The Morgan fingerprint density at radius 3 is 2.58 bits per heavy atom. The first-order chi connectivity index (χ1) is 11.5. The number of amides is 1. The van der Waals surface area contributed by atoms with Crippen molar-refractivity contribution in [1.82, 2.24) is 14.2 Å². The van der Waals surface area contributed by atoms with Gasteiger partial charge in [-0.25, -0.2) is 8.42 Å². The standard InChI is InChI=1S/C16H25N3O4S/c1-18(13-5-3-2-4-6-13)16(20)15-11-14(12-17-15)24(21,22)19-7-9-23-10-8-19/h11-13,17H,2-10H2,1H3. The summed E-state index contributed by atoms with van der Waals surface area (Å²) in [6, 6.07) is 1.70. The molecule has 1 N–H and O–H groups in total. The predicted molar refractivity (Wildman–Crippen MR) is 89.3 cm³/mol. The van der Waals surface area contributed by atoms with Gasteiger partial charge in [0.05, 0.1) is 13.2 Å². The van der Waals surface area contributed by atoms with Crippen LogP contribution in [0.2, 0.25) is 0 Å². The van der Waals surface area contributed by atoms with Crippen LogP contribution < -0.4 is 0 Å². The lowest BCUT2D eigenvalue weighted by atomic mass is 9.94. The molecule has 1 saturated heterocycles. The highest BCUT2D eigenvalue weighted by Gasteiger charge is 2.29. The fourth-order valence-electron chi connectivity index (χ4n) is 3.41. The van der Waals surface area contributed by atoms with Crippen LogP contribution in [0.5, 0.6) is 0 Å². The molecule has 1 aliphatic carbocycles. The molecule has 0 aromatic carbocycles. The maximum absolute atomic E-state index is 12.6. The second kappa shape index (κ2) is 7.25. The minimum atomic E-state index is -3.57. The number of hydrogen-bond acceptors (Lipinski definition) is 4. The van der Waals surface area contributed by atoms with Crippen LogP contribution in [-0.2, 0) is 14.8 Å². The number of aromatic amines is 1. The number of aromatic nitrogens is 1. The molecule has 8 heteroatoms. The summed E-state index contributed by atoms with van der Waals surface area (Å²) in [6.45, 7) is 1.50. The van der Waals surface area contributed by atoms with Gasteiger partial charge in [-0.15, -0.1) is 0 Å². The van der Waals surface area contributed by atoms with Crippen molar-refractivity contribution in [1.29, 1.82) is 0 Å². The van der Waals surface area contributed by atoms with Gasteiger partial charge in [0, 0.05) is 32.4 Å². The van der Waals surface area contributed by atoms with Crippen LogP contribution in [-0.4, -0.2) is 67.9 Å². The van der Waals surface area contributed by atoms with Gasteiger partial charge < -0.3 is 14.6 Å². The minimum Gasteiger partial charge on any atom is -0.379 e. The quantitative estimate of drug-likeness (QED) is 0.886. The number of sulfonamides is 1. The average molecular weight is 355 g/mol. The fourth-order valence-corrected chi connectivity index (χ4v) is 4.81. The van der Waals surface area contributed by atoms with Gasteiger partial charge in [-0.1, -0.05) is 19.3 Å². The highest BCUT2D eigenvalue weighted by molar-refractivity contribution is 7.89. The summed E-state index contributed by atoms with van der Waals surface area (Å²) in [5.74, 6) is -0.148. The van der Waals surface area contributed by atoms with E-state index in [1.807, 2.05) is 0 Å². The van der Waals surface area contributed by atoms with E-state index >= 15 is 0 Å². The molecule has 24 heavy (non-hydrogen) atoms. The van der Waals surface area contributed by atoms with E-state index in [-0.39, 0.29) is 16.8 Å². The molecule has 0 spiro atoms. The monoisotopic (exact) mass is 355 g/mol. The zero-order valence-electron chi connectivity index (χ0n) is 14.0. The minimum absolute atomic E-state index is 0.143. The van der Waals surface area contributed by atoms with Gasteiger partial charge in [-0.2, -0.15) is 4.31 Å². The highest BCUT2D eigenvalue weighted by atomic mass is 32.2. The summed E-state index contributed by atoms with van der Waals surface area (Å²) in [6.07, 6.45) is 6.95. The third-order valence-corrected chi connectivity index (χ3v) is 6.81. The van der Waals surface area contributed by atoms with Crippen molar-refractivity contribution in [3.8, 4) is 0 Å². The van der Waals surface area contributed by atoms with Gasteiger partial charge in [0.2, 0.25) is 10.0 Å². The van der Waals surface area contributed by atoms with Crippen LogP contribution in [0.4, 0.5) is 0 Å². The van der Waals surface area contributed by atoms with Gasteiger partial charge in [-0.05, 0) is 18.9 Å². The number of H-pyrrole nitrogens is 1. The van der Waals surface area contributed by atoms with Gasteiger partial charge in [0.15, 0.2) is 0 Å². The van der Waals surface area contributed by atoms with E-state index in [9.17, 15) is 13.2 Å². The lowest BCUT2D eigenvalue weighted by molar-refractivity contribution is 0.0690. The first kappa shape index (κ1) is 17.4. The molecule has 2 fully saturated rings. The van der Waals surface area contributed by atoms with Crippen LogP contribution in [0.15, 0.2) is 17.2 Å². The molecule has 1 saturated carbocycles. The average Bonchev–Trinajstić information content (AvgIpc) is 3.13. The molecular formula is C16H25N3O4S. The smallest absolute Gasteiger partial charge is 0.270 e. The zero-order chi connectivity index (χ0) is 17.2. The van der Waals surface area contributed by atoms with E-state index in [0.717, 1.165) is 25.7 Å². The molecule has 2 aliphatic rings. The summed E-state index contributed by atoms with van der Waals surface area (Å²) in [4.78, 5) is 17.4. The Hall–Kier alpha value is -1.38. The van der Waals surface area contributed by atoms with Crippen molar-refractivity contribution in [3.63, 3.8) is 0 Å². The number of morpholine rings is 1. The van der Waals surface area contributed by atoms with Crippen LogP contribution in [0.25, 0.3) is 0 Å². The molecule has 0 radical (unpaired) electrons. The Kier molecular flexibility index (Phi) is 5.27. The first-order valence-electron chi connectivity index (χ1n) is 8.53. The Balaban J connectivity index is 1.73. The number of ether oxygens (including phenoxy) is 1. The molecule has 0 unspecified atom stereocenters. The van der Waals surface area contributed by atoms with Gasteiger partial charge in [0.1, 0.15) is 10.6 Å². The van der Waals surface area contributed by atoms with E-state index in [0.29, 0.717) is 32.0 Å². The van der Waals surface area contributed by atoms with E-state index in [1.54, 1.807) is 11.9 Å². The third kappa shape index (κ3) is 3.50. The summed E-state index contributed by atoms with van der Waals surface area (Å²) in [5.41, 5.74) is 0.329. The Morgan fingerprint density at radius 1 is 1.25 bits per heavy atom. The second-order valence-electron chi connectivity index (χ2n) is 6.47. The predicted octanol–water partition coefficient (Wildman–Crippen LogP) is 1.44. The van der Waals surface area contributed by atoms with E-state index in [1.165, 1.54) is 23.0 Å². The highest BCUT2D eigenvalue weighted by Crippen LogP contribution is 2.24. The number of rotatable bonds is 4. The molecular weight excluding hydrogens is 330 g/mol. The van der Waals surface area contributed by atoms with Crippen LogP contribution in [0.3, 0.4) is 0 Å². The molecule has 1 aromatic heterocycles. The number of nitrogens with zero attached hydrogens (tertiary/aromatic N) is 2. The molecule has 0 atom stereocenters. The van der Waals surface area contributed by atoms with Crippen molar-refractivity contribution < 1.29 is 17.9 Å². The first-order valence-corrected chi connectivity index (χ1v) is 9.97. The number of carbonyl (C=O) groups is 1. The van der Waals surface area contributed by atoms with Gasteiger partial charge >= 0.3 is 0 Å². The lowest BCUT2D eigenvalue weighted by Crippen LogP contribution is -2.40. The van der Waals surface area contributed by atoms with Gasteiger partial charge in [-0.3, -0.25) is 4.79 Å². The molecule has 1 amide bonds. The van der Waals surface area contributed by atoms with Crippen molar-refractivity contribution >= 4 is 15.9 Å². The molecule has 1 aliphatic heterocycles. The molecule has 3 rings (SSSR count). The molecule has 0 bridgehead atoms. The Labute approximate surface area is 143 Å². The zero-order valence-corrected chi connectivity index (χ0v) is 14.8. The van der Waals surface area contributed by atoms with Crippen molar-refractivity contribution in [2.24, 2.45) is 0 Å². The van der Waals surface area contributed by atoms with Crippen molar-refractivity contribution in [2.45, 2.75) is 43.0 Å². The Bertz CT molecular complexity index is 673. The number of carbonyl (C=O) groups excluding carboxylic acids is 1. The molecule has 1 aromatic rings. The topological polar surface area (TPSA) is 82.7 Å². The van der Waals surface area contributed by atoms with E-state index in [2.05, 4.69) is 4.98 Å². The van der Waals surface area contributed by atoms with Crippen molar-refractivity contribution in [2.75, 3.05) is 33.4 Å². The summed E-state index contributed by atoms with van der Waals surface area (Å²) in [5, 5.41) is 0. The SMILES string of the molecule is CN(C(=O)c1cc(S(=O)(=O)N2CCOCC2)c[nH]1)C1CCCCC1. The van der Waals surface area contributed by atoms with E-state index in [4.69, 9.17) is 4.74 Å². The third-order valence-electron chi connectivity index (χ3n) is 4.94. The second-order valence-corrected chi connectivity index (χ2v) is 8.41. The Morgan fingerprint density at radius 2 is 1.92 bits per heavy atom. The molecule has 7 nitrogen and oxygen atoms in total. The number of nitrogens with one attached hydrogen (secondary N) is 1. The van der Waals surface area contributed by atoms with Crippen molar-refractivity contribution in [3.05, 3.63) is 18.0 Å². The lowest BCUT2D eigenvalue weighted by Gasteiger charge is -2.30. The van der Waals surface area contributed by atoms with Gasteiger partial charge in [0.25, 0.3) is 5.91 Å². The largest absolute Gasteiger partial charge is 0.379 e. The number of hydrogen-bond donors (Lipinski definition) is 1. The summed E-state index contributed by atoms with van der Waals surface area (Å²) < 4.78 is 31.8. The molecule has 2 heterocycles. The van der Waals surface area contributed by atoms with Crippen LogP contribution in [0.1, 0.15) is 42.6 Å². The van der Waals surface area contributed by atoms with E-state index < -0.39 is 10.0 Å². The summed E-state index contributed by atoms with van der Waals surface area (Å²) >= 11 is 0. The maximum atomic E-state index is 12.6. The summed E-state index contributed by atoms with van der Waals surface area (Å²) in [7, 11) is -1.77. The van der Waals surface area contributed by atoms with Crippen LogP contribution in [0, 0.1) is 0 Å². The molecule has 134 valence electrons.